The molecule has 5 nitrogen and oxygen atoms in total. The minimum absolute atomic E-state index is 0.240. The summed E-state index contributed by atoms with van der Waals surface area (Å²) < 4.78 is 0. The number of hydrogen-bond donors (Lipinski definition) is 3. The molecule has 24 heavy (non-hydrogen) atoms. The minimum Gasteiger partial charge on any atom is -0.508 e. The van der Waals surface area contributed by atoms with Gasteiger partial charge in [-0.1, -0.05) is 30.3 Å². The number of rotatable bonds is 5. The van der Waals surface area contributed by atoms with Gasteiger partial charge in [-0.05, 0) is 37.1 Å². The highest BCUT2D eigenvalue weighted by molar-refractivity contribution is 5.67. The second-order valence-electron chi connectivity index (χ2n) is 5.92. The Morgan fingerprint density at radius 1 is 0.917 bits per heavy atom. The Bertz CT molecular complexity index is 830. The van der Waals surface area contributed by atoms with Crippen molar-refractivity contribution in [2.24, 2.45) is 0 Å². The molecule has 1 heterocycles. The Kier molecular flexibility index (Phi) is 3.75. The van der Waals surface area contributed by atoms with Gasteiger partial charge < -0.3 is 15.7 Å². The summed E-state index contributed by atoms with van der Waals surface area (Å²) in [6, 6.07) is 19.4. The van der Waals surface area contributed by atoms with Crippen LogP contribution in [0.4, 0.5) is 17.5 Å². The molecular formula is C19H18N4O. The van der Waals surface area contributed by atoms with E-state index in [-0.39, 0.29) is 5.75 Å². The molecule has 120 valence electrons. The Balaban J connectivity index is 1.67. The predicted octanol–water partition coefficient (Wildman–Crippen LogP) is 4.17. The molecule has 4 rings (SSSR count). The Morgan fingerprint density at radius 3 is 2.38 bits per heavy atom. The van der Waals surface area contributed by atoms with E-state index in [1.807, 2.05) is 48.5 Å². The van der Waals surface area contributed by atoms with Crippen molar-refractivity contribution in [1.29, 1.82) is 0 Å². The predicted molar refractivity (Wildman–Crippen MR) is 95.5 cm³/mol. The maximum absolute atomic E-state index is 9.40. The van der Waals surface area contributed by atoms with Crippen LogP contribution in [0.1, 0.15) is 12.8 Å². The molecular weight excluding hydrogens is 300 g/mol. The van der Waals surface area contributed by atoms with Crippen molar-refractivity contribution in [3.8, 4) is 17.0 Å². The zero-order valence-corrected chi connectivity index (χ0v) is 13.1. The van der Waals surface area contributed by atoms with Crippen molar-refractivity contribution >= 4 is 17.5 Å². The molecule has 0 radical (unpaired) electrons. The van der Waals surface area contributed by atoms with E-state index in [4.69, 9.17) is 0 Å². The third-order valence-corrected chi connectivity index (χ3v) is 3.85. The van der Waals surface area contributed by atoms with E-state index in [9.17, 15) is 5.11 Å². The van der Waals surface area contributed by atoms with Gasteiger partial charge in [0.2, 0.25) is 5.95 Å². The molecule has 3 N–H and O–H groups in total. The number of nitrogens with one attached hydrogen (secondary N) is 2. The van der Waals surface area contributed by atoms with Gasteiger partial charge in [-0.2, -0.15) is 4.98 Å². The number of phenolic OH excluding ortho intramolecular Hbond substituents is 1. The second-order valence-corrected chi connectivity index (χ2v) is 5.92. The van der Waals surface area contributed by atoms with Crippen LogP contribution in [0.5, 0.6) is 5.75 Å². The van der Waals surface area contributed by atoms with Crippen LogP contribution in [-0.4, -0.2) is 21.1 Å². The summed E-state index contributed by atoms with van der Waals surface area (Å²) in [6.45, 7) is 0. The lowest BCUT2D eigenvalue weighted by Crippen LogP contribution is -2.07. The van der Waals surface area contributed by atoms with E-state index in [0.717, 1.165) is 22.8 Å². The van der Waals surface area contributed by atoms with E-state index >= 15 is 0 Å². The quantitative estimate of drug-likeness (QED) is 0.616. The third kappa shape index (κ3) is 3.46. The van der Waals surface area contributed by atoms with Crippen LogP contribution in [0.15, 0.2) is 60.7 Å². The van der Waals surface area contributed by atoms with Crippen molar-refractivity contribution in [1.82, 2.24) is 9.97 Å². The molecule has 2 aromatic carbocycles. The lowest BCUT2D eigenvalue weighted by atomic mass is 10.1. The second kappa shape index (κ2) is 6.20. The lowest BCUT2D eigenvalue weighted by Gasteiger charge is -2.11. The summed E-state index contributed by atoms with van der Waals surface area (Å²) in [5, 5.41) is 16.0. The molecule has 3 aromatic rings. The van der Waals surface area contributed by atoms with Crippen molar-refractivity contribution < 1.29 is 5.11 Å². The molecule has 1 fully saturated rings. The lowest BCUT2D eigenvalue weighted by molar-refractivity contribution is 0.475. The van der Waals surface area contributed by atoms with Crippen LogP contribution in [0.25, 0.3) is 11.3 Å². The first-order chi connectivity index (χ1) is 11.8. The van der Waals surface area contributed by atoms with Gasteiger partial charge in [0, 0.05) is 23.4 Å². The monoisotopic (exact) mass is 318 g/mol. The first-order valence-electron chi connectivity index (χ1n) is 8.03. The standard InChI is InChI=1S/C19H18N4O/c24-16-10-8-14(9-11-16)20-18-12-17(13-4-2-1-3-5-13)22-19(23-18)21-15-6-7-15/h1-5,8-12,15,24H,6-7H2,(H2,20,21,22,23). The van der Waals surface area contributed by atoms with Crippen molar-refractivity contribution in [2.45, 2.75) is 18.9 Å². The summed E-state index contributed by atoms with van der Waals surface area (Å²) in [5.74, 6) is 1.60. The number of phenols is 1. The largest absolute Gasteiger partial charge is 0.508 e. The summed E-state index contributed by atoms with van der Waals surface area (Å²) in [5.41, 5.74) is 2.78. The molecule has 0 spiro atoms. The number of aromatic nitrogens is 2. The molecule has 0 unspecified atom stereocenters. The molecule has 0 saturated heterocycles. The molecule has 1 saturated carbocycles. The average Bonchev–Trinajstić information content (AvgIpc) is 3.42. The van der Waals surface area contributed by atoms with Gasteiger partial charge in [-0.25, -0.2) is 4.98 Å². The summed E-state index contributed by atoms with van der Waals surface area (Å²) in [7, 11) is 0. The zero-order chi connectivity index (χ0) is 16.4. The number of anilines is 3. The number of hydrogen-bond acceptors (Lipinski definition) is 5. The highest BCUT2D eigenvalue weighted by Crippen LogP contribution is 2.27. The fourth-order valence-electron chi connectivity index (χ4n) is 2.44. The Labute approximate surface area is 140 Å². The van der Waals surface area contributed by atoms with E-state index in [2.05, 4.69) is 20.6 Å². The third-order valence-electron chi connectivity index (χ3n) is 3.85. The molecule has 0 atom stereocenters. The van der Waals surface area contributed by atoms with Crippen LogP contribution in [-0.2, 0) is 0 Å². The van der Waals surface area contributed by atoms with Crippen LogP contribution in [0, 0.1) is 0 Å². The fraction of sp³-hybridized carbons (Fsp3) is 0.158. The summed E-state index contributed by atoms with van der Waals surface area (Å²) >= 11 is 0. The van der Waals surface area contributed by atoms with Gasteiger partial charge in [0.05, 0.1) is 5.69 Å². The van der Waals surface area contributed by atoms with Crippen molar-refractivity contribution in [2.75, 3.05) is 10.6 Å². The van der Waals surface area contributed by atoms with Crippen LogP contribution < -0.4 is 10.6 Å². The fourth-order valence-corrected chi connectivity index (χ4v) is 2.44. The molecule has 0 bridgehead atoms. The van der Waals surface area contributed by atoms with Crippen molar-refractivity contribution in [3.05, 3.63) is 60.7 Å². The zero-order valence-electron chi connectivity index (χ0n) is 13.1. The van der Waals surface area contributed by atoms with Gasteiger partial charge in [-0.15, -0.1) is 0 Å². The molecule has 5 heteroatoms. The van der Waals surface area contributed by atoms with Gasteiger partial charge in [0.15, 0.2) is 0 Å². The molecule has 0 aliphatic heterocycles. The topological polar surface area (TPSA) is 70.1 Å². The number of aromatic hydroxyl groups is 1. The summed E-state index contributed by atoms with van der Waals surface area (Å²) in [6.07, 6.45) is 2.33. The molecule has 1 aliphatic carbocycles. The van der Waals surface area contributed by atoms with E-state index in [0.29, 0.717) is 12.0 Å². The number of nitrogens with zero attached hydrogens (tertiary/aromatic N) is 2. The molecule has 1 aliphatic rings. The van der Waals surface area contributed by atoms with Gasteiger partial charge in [-0.3, -0.25) is 0 Å². The highest BCUT2D eigenvalue weighted by atomic mass is 16.3. The Morgan fingerprint density at radius 2 is 1.67 bits per heavy atom. The summed E-state index contributed by atoms with van der Waals surface area (Å²) in [4.78, 5) is 9.20. The minimum atomic E-state index is 0.240. The molecule has 0 amide bonds. The van der Waals surface area contributed by atoms with Gasteiger partial charge >= 0.3 is 0 Å². The Hall–Kier alpha value is -3.08. The van der Waals surface area contributed by atoms with E-state index < -0.39 is 0 Å². The SMILES string of the molecule is Oc1ccc(Nc2cc(-c3ccccc3)nc(NC3CC3)n2)cc1. The maximum Gasteiger partial charge on any atom is 0.225 e. The van der Waals surface area contributed by atoms with Gasteiger partial charge in [0.25, 0.3) is 0 Å². The van der Waals surface area contributed by atoms with Crippen molar-refractivity contribution in [3.63, 3.8) is 0 Å². The molecule has 1 aromatic heterocycles. The first kappa shape index (κ1) is 14.5. The van der Waals surface area contributed by atoms with E-state index in [1.165, 1.54) is 12.8 Å². The highest BCUT2D eigenvalue weighted by Gasteiger charge is 2.22. The van der Waals surface area contributed by atoms with Crippen LogP contribution in [0.2, 0.25) is 0 Å². The van der Waals surface area contributed by atoms with Crippen LogP contribution in [0.3, 0.4) is 0 Å². The van der Waals surface area contributed by atoms with E-state index in [1.54, 1.807) is 12.1 Å². The maximum atomic E-state index is 9.40. The number of benzene rings is 2. The van der Waals surface area contributed by atoms with Crippen LogP contribution >= 0.6 is 0 Å². The normalized spacial score (nSPS) is 13.5. The first-order valence-corrected chi connectivity index (χ1v) is 8.03. The smallest absolute Gasteiger partial charge is 0.225 e. The van der Waals surface area contributed by atoms with Gasteiger partial charge in [0.1, 0.15) is 11.6 Å². The average molecular weight is 318 g/mol.